The average molecular weight is 275 g/mol. The molecule has 1 aromatic carbocycles. The fraction of sp³-hybridized carbons (Fsp3) is 0.267. The molecule has 1 aromatic heterocycles. The number of nitrogens with one attached hydrogen (secondary N) is 1. The lowest BCUT2D eigenvalue weighted by Crippen LogP contribution is -2.23. The molecule has 0 aliphatic carbocycles. The van der Waals surface area contributed by atoms with Gasteiger partial charge in [-0.2, -0.15) is 0 Å². The van der Waals surface area contributed by atoms with Crippen molar-refractivity contribution in [2.75, 3.05) is 0 Å². The Morgan fingerprint density at radius 2 is 2.16 bits per heavy atom. The summed E-state index contributed by atoms with van der Waals surface area (Å²) in [6.45, 7) is 4.38. The number of aromatic hydroxyl groups is 1. The van der Waals surface area contributed by atoms with E-state index in [9.17, 15) is 9.90 Å². The van der Waals surface area contributed by atoms with E-state index in [4.69, 9.17) is 0 Å². The van der Waals surface area contributed by atoms with E-state index in [0.29, 0.717) is 17.7 Å². The van der Waals surface area contributed by atoms with Crippen LogP contribution in [0.15, 0.2) is 29.6 Å². The molecule has 0 spiro atoms. The third-order valence-corrected chi connectivity index (χ3v) is 4.14. The zero-order chi connectivity index (χ0) is 13.8. The van der Waals surface area contributed by atoms with Gasteiger partial charge in [0.05, 0.1) is 6.54 Å². The molecule has 0 bridgehead atoms. The summed E-state index contributed by atoms with van der Waals surface area (Å²) in [5.41, 5.74) is 2.41. The highest BCUT2D eigenvalue weighted by Crippen LogP contribution is 2.20. The Balaban J connectivity index is 2.08. The van der Waals surface area contributed by atoms with E-state index < -0.39 is 0 Å². The Labute approximate surface area is 116 Å². The maximum atomic E-state index is 12.1. The second-order valence-electron chi connectivity index (χ2n) is 4.35. The van der Waals surface area contributed by atoms with Gasteiger partial charge < -0.3 is 10.4 Å². The van der Waals surface area contributed by atoms with Crippen LogP contribution in [-0.2, 0) is 13.0 Å². The van der Waals surface area contributed by atoms with Crippen LogP contribution in [0, 0.1) is 6.92 Å². The van der Waals surface area contributed by atoms with Gasteiger partial charge in [0, 0.05) is 16.0 Å². The van der Waals surface area contributed by atoms with Gasteiger partial charge in [-0.1, -0.05) is 13.0 Å². The van der Waals surface area contributed by atoms with E-state index in [1.807, 2.05) is 5.38 Å². The highest BCUT2D eigenvalue weighted by molar-refractivity contribution is 7.10. The van der Waals surface area contributed by atoms with Crippen LogP contribution >= 0.6 is 11.3 Å². The van der Waals surface area contributed by atoms with Gasteiger partial charge >= 0.3 is 0 Å². The van der Waals surface area contributed by atoms with Crippen molar-refractivity contribution in [2.24, 2.45) is 0 Å². The first-order chi connectivity index (χ1) is 9.13. The molecule has 0 atom stereocenters. The van der Waals surface area contributed by atoms with E-state index in [2.05, 4.69) is 18.3 Å². The Bertz CT molecular complexity index is 590. The topological polar surface area (TPSA) is 49.3 Å². The van der Waals surface area contributed by atoms with Crippen LogP contribution in [0.3, 0.4) is 0 Å². The largest absolute Gasteiger partial charge is 0.508 e. The Hall–Kier alpha value is -1.81. The molecule has 0 saturated heterocycles. The number of thiophene rings is 1. The summed E-state index contributed by atoms with van der Waals surface area (Å²) < 4.78 is 0. The molecule has 0 aliphatic heterocycles. The number of amides is 1. The van der Waals surface area contributed by atoms with Gasteiger partial charge in [-0.3, -0.25) is 4.79 Å². The zero-order valence-electron chi connectivity index (χ0n) is 11.1. The highest BCUT2D eigenvalue weighted by Gasteiger charge is 2.11. The van der Waals surface area contributed by atoms with Gasteiger partial charge in [0.2, 0.25) is 0 Å². The summed E-state index contributed by atoms with van der Waals surface area (Å²) in [5, 5.41) is 14.6. The molecule has 0 unspecified atom stereocenters. The lowest BCUT2D eigenvalue weighted by atomic mass is 10.1. The van der Waals surface area contributed by atoms with Crippen molar-refractivity contribution in [2.45, 2.75) is 26.8 Å². The van der Waals surface area contributed by atoms with E-state index in [-0.39, 0.29) is 11.7 Å². The zero-order valence-corrected chi connectivity index (χ0v) is 11.9. The monoisotopic (exact) mass is 275 g/mol. The summed E-state index contributed by atoms with van der Waals surface area (Å²) in [5.74, 6) is 0.00174. The summed E-state index contributed by atoms with van der Waals surface area (Å²) in [7, 11) is 0. The van der Waals surface area contributed by atoms with Crippen LogP contribution < -0.4 is 5.32 Å². The van der Waals surface area contributed by atoms with Crippen molar-refractivity contribution >= 4 is 17.2 Å². The van der Waals surface area contributed by atoms with Crippen LogP contribution in [0.4, 0.5) is 0 Å². The second kappa shape index (κ2) is 5.89. The van der Waals surface area contributed by atoms with Gasteiger partial charge in [0.25, 0.3) is 5.91 Å². The third kappa shape index (κ3) is 2.96. The quantitative estimate of drug-likeness (QED) is 0.900. The maximum Gasteiger partial charge on any atom is 0.251 e. The number of phenolic OH excluding ortho intramolecular Hbond substituents is 1. The molecule has 1 amide bonds. The first kappa shape index (κ1) is 13.6. The lowest BCUT2D eigenvalue weighted by Gasteiger charge is -2.08. The van der Waals surface area contributed by atoms with Gasteiger partial charge in [-0.15, -0.1) is 11.3 Å². The van der Waals surface area contributed by atoms with Crippen molar-refractivity contribution in [1.29, 1.82) is 0 Å². The van der Waals surface area contributed by atoms with Gasteiger partial charge in [-0.25, -0.2) is 0 Å². The molecule has 0 aliphatic rings. The molecule has 0 fully saturated rings. The van der Waals surface area contributed by atoms with Gasteiger partial charge in [-0.05, 0) is 42.5 Å². The fourth-order valence-corrected chi connectivity index (χ4v) is 2.88. The first-order valence-corrected chi connectivity index (χ1v) is 7.13. The van der Waals surface area contributed by atoms with Crippen molar-refractivity contribution in [1.82, 2.24) is 5.32 Å². The minimum atomic E-state index is -0.149. The number of hydrogen-bond acceptors (Lipinski definition) is 3. The standard InChI is InChI=1S/C15H17NO2S/c1-3-11-7-8-19-14(11)9-16-15(18)12-5-4-6-13(17)10(12)2/h4-8,17H,3,9H2,1-2H3,(H,16,18). The SMILES string of the molecule is CCc1ccsc1CNC(=O)c1cccc(O)c1C. The number of rotatable bonds is 4. The molecule has 2 rings (SSSR count). The van der Waals surface area contributed by atoms with Crippen LogP contribution in [0.25, 0.3) is 0 Å². The normalized spacial score (nSPS) is 10.4. The average Bonchev–Trinajstić information content (AvgIpc) is 2.86. The number of aryl methyl sites for hydroxylation is 1. The lowest BCUT2D eigenvalue weighted by molar-refractivity contribution is 0.0950. The van der Waals surface area contributed by atoms with Crippen molar-refractivity contribution in [3.63, 3.8) is 0 Å². The molecule has 0 saturated carbocycles. The molecule has 4 heteroatoms. The third-order valence-electron chi connectivity index (χ3n) is 3.18. The van der Waals surface area contributed by atoms with E-state index in [1.165, 1.54) is 10.4 Å². The van der Waals surface area contributed by atoms with Crippen LogP contribution in [-0.4, -0.2) is 11.0 Å². The summed E-state index contributed by atoms with van der Waals surface area (Å²) in [4.78, 5) is 13.3. The predicted molar refractivity (Wildman–Crippen MR) is 77.7 cm³/mol. The van der Waals surface area contributed by atoms with E-state index in [1.54, 1.807) is 36.5 Å². The number of benzene rings is 1. The van der Waals surface area contributed by atoms with Crippen LogP contribution in [0.2, 0.25) is 0 Å². The predicted octanol–water partition coefficient (Wildman–Crippen LogP) is 3.25. The van der Waals surface area contributed by atoms with Crippen molar-refractivity contribution in [3.8, 4) is 5.75 Å². The molecule has 100 valence electrons. The van der Waals surface area contributed by atoms with Gasteiger partial charge in [0.1, 0.15) is 5.75 Å². The Morgan fingerprint density at radius 3 is 2.89 bits per heavy atom. The Kier molecular flexibility index (Phi) is 4.22. The molecule has 0 radical (unpaired) electrons. The summed E-state index contributed by atoms with van der Waals surface area (Å²) >= 11 is 1.65. The van der Waals surface area contributed by atoms with Gasteiger partial charge in [0.15, 0.2) is 0 Å². The first-order valence-electron chi connectivity index (χ1n) is 6.25. The minimum Gasteiger partial charge on any atom is -0.508 e. The molecule has 2 aromatic rings. The summed E-state index contributed by atoms with van der Waals surface area (Å²) in [6, 6.07) is 7.08. The Morgan fingerprint density at radius 1 is 1.37 bits per heavy atom. The molecular formula is C15H17NO2S. The smallest absolute Gasteiger partial charge is 0.251 e. The fourth-order valence-electron chi connectivity index (χ4n) is 1.96. The molecular weight excluding hydrogens is 258 g/mol. The van der Waals surface area contributed by atoms with Crippen LogP contribution in [0.5, 0.6) is 5.75 Å². The number of carbonyl (C=O) groups excluding carboxylic acids is 1. The van der Waals surface area contributed by atoms with Crippen LogP contribution in [0.1, 0.15) is 33.3 Å². The molecule has 2 N–H and O–H groups in total. The summed E-state index contributed by atoms with van der Waals surface area (Å²) in [6.07, 6.45) is 0.972. The minimum absolute atomic E-state index is 0.149. The second-order valence-corrected chi connectivity index (χ2v) is 5.36. The van der Waals surface area contributed by atoms with E-state index >= 15 is 0 Å². The number of carbonyl (C=O) groups is 1. The number of hydrogen-bond donors (Lipinski definition) is 2. The van der Waals surface area contributed by atoms with Crippen molar-refractivity contribution < 1.29 is 9.90 Å². The molecule has 19 heavy (non-hydrogen) atoms. The maximum absolute atomic E-state index is 12.1. The highest BCUT2D eigenvalue weighted by atomic mass is 32.1. The van der Waals surface area contributed by atoms with E-state index in [0.717, 1.165) is 6.42 Å². The van der Waals surface area contributed by atoms with Crippen molar-refractivity contribution in [3.05, 3.63) is 51.2 Å². The number of phenols is 1. The molecule has 3 nitrogen and oxygen atoms in total. The molecule has 1 heterocycles.